The molecule has 1 saturated heterocycles. The van der Waals surface area contributed by atoms with Gasteiger partial charge in [-0.15, -0.1) is 0 Å². The van der Waals surface area contributed by atoms with E-state index in [2.05, 4.69) is 11.9 Å². The summed E-state index contributed by atoms with van der Waals surface area (Å²) in [4.78, 5) is 33.8. The van der Waals surface area contributed by atoms with Crippen molar-refractivity contribution < 1.29 is 19.1 Å². The van der Waals surface area contributed by atoms with Crippen LogP contribution in [0.1, 0.15) is 52.9 Å². The predicted octanol–water partition coefficient (Wildman–Crippen LogP) is 3.09. The molecule has 2 aromatic rings. The highest BCUT2D eigenvalue weighted by Crippen LogP contribution is 2.49. The van der Waals surface area contributed by atoms with Crippen LogP contribution in [0.15, 0.2) is 36.4 Å². The van der Waals surface area contributed by atoms with Gasteiger partial charge in [-0.25, -0.2) is 0 Å². The molecule has 5 rings (SSSR count). The van der Waals surface area contributed by atoms with Crippen molar-refractivity contribution in [1.29, 1.82) is 0 Å². The minimum atomic E-state index is -0.441. The molecule has 180 valence electrons. The van der Waals surface area contributed by atoms with Crippen LogP contribution >= 0.6 is 0 Å². The Hall–Kier alpha value is -3.06. The Labute approximate surface area is 201 Å². The minimum absolute atomic E-state index is 0.000483. The van der Waals surface area contributed by atoms with E-state index < -0.39 is 5.92 Å². The zero-order valence-electron chi connectivity index (χ0n) is 20.3. The van der Waals surface area contributed by atoms with Gasteiger partial charge in [0.2, 0.25) is 5.91 Å². The topological polar surface area (TPSA) is 62.3 Å². The van der Waals surface area contributed by atoms with E-state index in [9.17, 15) is 9.59 Å². The molecule has 2 amide bonds. The van der Waals surface area contributed by atoms with Crippen molar-refractivity contribution in [2.75, 3.05) is 53.0 Å². The van der Waals surface area contributed by atoms with E-state index in [-0.39, 0.29) is 17.9 Å². The van der Waals surface area contributed by atoms with Gasteiger partial charge in [-0.05, 0) is 62.2 Å². The van der Waals surface area contributed by atoms with E-state index in [0.717, 1.165) is 42.0 Å². The Bertz CT molecular complexity index is 1090. The predicted molar refractivity (Wildman–Crippen MR) is 130 cm³/mol. The van der Waals surface area contributed by atoms with Gasteiger partial charge < -0.3 is 24.2 Å². The van der Waals surface area contributed by atoms with Gasteiger partial charge in [-0.3, -0.25) is 9.59 Å². The lowest BCUT2D eigenvalue weighted by Crippen LogP contribution is -2.54. The molecule has 2 atom stereocenters. The first-order chi connectivity index (χ1) is 16.5. The number of amides is 2. The number of likely N-dealkylation sites (N-methyl/N-ethyl adjacent to an activating group) is 1. The van der Waals surface area contributed by atoms with Crippen LogP contribution in [0.5, 0.6) is 11.5 Å². The molecule has 0 aliphatic carbocycles. The third-order valence-corrected chi connectivity index (χ3v) is 7.27. The van der Waals surface area contributed by atoms with Gasteiger partial charge in [0, 0.05) is 38.3 Å². The lowest BCUT2D eigenvalue weighted by atomic mass is 9.75. The normalized spacial score (nSPS) is 22.0. The van der Waals surface area contributed by atoms with E-state index in [1.807, 2.05) is 60.0 Å². The fourth-order valence-electron chi connectivity index (χ4n) is 5.56. The second-order valence-corrected chi connectivity index (χ2v) is 9.25. The zero-order valence-corrected chi connectivity index (χ0v) is 20.3. The van der Waals surface area contributed by atoms with Crippen LogP contribution in [0, 0.1) is 0 Å². The van der Waals surface area contributed by atoms with Gasteiger partial charge in [0.1, 0.15) is 0 Å². The number of ether oxygens (including phenoxy) is 2. The number of piperazine rings is 1. The maximum Gasteiger partial charge on any atom is 0.254 e. The van der Waals surface area contributed by atoms with Crippen LogP contribution in [0.25, 0.3) is 0 Å². The summed E-state index contributed by atoms with van der Waals surface area (Å²) in [5.74, 6) is 1.05. The maximum absolute atomic E-state index is 14.1. The van der Waals surface area contributed by atoms with Crippen LogP contribution in [-0.4, -0.2) is 79.5 Å². The van der Waals surface area contributed by atoms with Crippen molar-refractivity contribution in [3.63, 3.8) is 0 Å². The average Bonchev–Trinajstić information content (AvgIpc) is 2.85. The van der Waals surface area contributed by atoms with E-state index in [4.69, 9.17) is 9.47 Å². The highest BCUT2D eigenvalue weighted by atomic mass is 16.5. The summed E-state index contributed by atoms with van der Waals surface area (Å²) >= 11 is 0. The number of rotatable bonds is 5. The Morgan fingerprint density at radius 2 is 1.62 bits per heavy atom. The summed E-state index contributed by atoms with van der Waals surface area (Å²) in [5.41, 5.74) is 3.59. The summed E-state index contributed by atoms with van der Waals surface area (Å²) in [5, 5.41) is 0. The quantitative estimate of drug-likeness (QED) is 0.682. The molecule has 0 radical (unpaired) electrons. The molecule has 34 heavy (non-hydrogen) atoms. The standard InChI is InChI=1S/C27H33N3O4/c1-4-33-22-16-18-10-11-30-25(21(18)17-23(22)34-5-2)24(19-8-6-7-9-20(19)26(30)31)27(32)29-14-12-28(3)13-15-29/h6-9,16-17,24-25H,4-5,10-15H2,1-3H3/t24-,25+/m0/s1. The first-order valence-electron chi connectivity index (χ1n) is 12.3. The number of carbonyl (C=O) groups excluding carboxylic acids is 2. The fraction of sp³-hybridized carbons (Fsp3) is 0.481. The Morgan fingerprint density at radius 1 is 0.941 bits per heavy atom. The van der Waals surface area contributed by atoms with Crippen molar-refractivity contribution in [1.82, 2.24) is 14.7 Å². The summed E-state index contributed by atoms with van der Waals surface area (Å²) < 4.78 is 11.8. The Morgan fingerprint density at radius 3 is 2.32 bits per heavy atom. The molecule has 0 aromatic heterocycles. The molecule has 0 spiro atoms. The van der Waals surface area contributed by atoms with Gasteiger partial charge in [-0.2, -0.15) is 0 Å². The molecule has 3 heterocycles. The second kappa shape index (κ2) is 9.29. The van der Waals surface area contributed by atoms with Crippen molar-refractivity contribution in [3.05, 3.63) is 58.7 Å². The van der Waals surface area contributed by atoms with E-state index in [0.29, 0.717) is 44.2 Å². The molecular weight excluding hydrogens is 430 g/mol. The molecular formula is C27H33N3O4. The third kappa shape index (κ3) is 3.82. The van der Waals surface area contributed by atoms with E-state index >= 15 is 0 Å². The first kappa shape index (κ1) is 22.7. The van der Waals surface area contributed by atoms with Crippen LogP contribution in [0.4, 0.5) is 0 Å². The van der Waals surface area contributed by atoms with Crippen LogP contribution in [0.3, 0.4) is 0 Å². The summed E-state index contributed by atoms with van der Waals surface area (Å²) in [6.07, 6.45) is 0.724. The van der Waals surface area contributed by atoms with Gasteiger partial charge in [0.05, 0.1) is 25.2 Å². The fourth-order valence-corrected chi connectivity index (χ4v) is 5.56. The van der Waals surface area contributed by atoms with E-state index in [1.54, 1.807) is 0 Å². The molecule has 0 N–H and O–H groups in total. The van der Waals surface area contributed by atoms with Crippen LogP contribution < -0.4 is 9.47 Å². The Balaban J connectivity index is 1.63. The molecule has 7 nitrogen and oxygen atoms in total. The maximum atomic E-state index is 14.1. The second-order valence-electron chi connectivity index (χ2n) is 9.25. The van der Waals surface area contributed by atoms with Gasteiger partial charge in [-0.1, -0.05) is 18.2 Å². The van der Waals surface area contributed by atoms with Gasteiger partial charge >= 0.3 is 0 Å². The summed E-state index contributed by atoms with van der Waals surface area (Å²) in [6, 6.07) is 11.3. The highest BCUT2D eigenvalue weighted by Gasteiger charge is 2.47. The summed E-state index contributed by atoms with van der Waals surface area (Å²) in [7, 11) is 2.08. The van der Waals surface area contributed by atoms with Crippen LogP contribution in [0.2, 0.25) is 0 Å². The van der Waals surface area contributed by atoms with Crippen molar-refractivity contribution >= 4 is 11.8 Å². The molecule has 0 saturated carbocycles. The lowest BCUT2D eigenvalue weighted by Gasteiger charge is -2.47. The number of benzene rings is 2. The average molecular weight is 464 g/mol. The number of fused-ring (bicyclic) bond motifs is 4. The van der Waals surface area contributed by atoms with Crippen molar-refractivity contribution in [2.24, 2.45) is 0 Å². The zero-order chi connectivity index (χ0) is 23.8. The Kier molecular flexibility index (Phi) is 6.21. The van der Waals surface area contributed by atoms with E-state index in [1.165, 1.54) is 0 Å². The molecule has 3 aliphatic rings. The van der Waals surface area contributed by atoms with Crippen LogP contribution in [-0.2, 0) is 11.2 Å². The largest absolute Gasteiger partial charge is 0.490 e. The summed E-state index contributed by atoms with van der Waals surface area (Å²) in [6.45, 7) is 8.66. The van der Waals surface area contributed by atoms with Crippen molar-refractivity contribution in [3.8, 4) is 11.5 Å². The van der Waals surface area contributed by atoms with Gasteiger partial charge in [0.25, 0.3) is 5.91 Å². The number of nitrogens with zero attached hydrogens (tertiary/aromatic N) is 3. The van der Waals surface area contributed by atoms with Crippen molar-refractivity contribution in [2.45, 2.75) is 32.2 Å². The lowest BCUT2D eigenvalue weighted by molar-refractivity contribution is -0.136. The number of carbonyl (C=O) groups is 2. The minimum Gasteiger partial charge on any atom is -0.490 e. The third-order valence-electron chi connectivity index (χ3n) is 7.27. The molecule has 1 fully saturated rings. The molecule has 3 aliphatic heterocycles. The smallest absolute Gasteiger partial charge is 0.254 e. The molecule has 0 bridgehead atoms. The molecule has 7 heteroatoms. The first-order valence-corrected chi connectivity index (χ1v) is 12.3. The molecule has 2 aromatic carbocycles. The number of hydrogen-bond donors (Lipinski definition) is 0. The SMILES string of the molecule is CCOc1cc2c(cc1OCC)[C@@H]1[C@@H](C(=O)N3CCN(C)CC3)c3ccccc3C(=O)N1CC2. The number of hydrogen-bond acceptors (Lipinski definition) is 5. The molecule has 0 unspecified atom stereocenters. The van der Waals surface area contributed by atoms with Gasteiger partial charge in [0.15, 0.2) is 11.5 Å². The highest BCUT2D eigenvalue weighted by molar-refractivity contribution is 6.01. The monoisotopic (exact) mass is 463 g/mol.